The first-order valence-corrected chi connectivity index (χ1v) is 9.12. The first-order chi connectivity index (χ1) is 9.68. The molecular weight excluding hydrogens is 246 g/mol. The van der Waals surface area contributed by atoms with Crippen molar-refractivity contribution in [2.24, 2.45) is 5.73 Å². The van der Waals surface area contributed by atoms with Crippen molar-refractivity contribution in [2.45, 2.75) is 116 Å². The van der Waals surface area contributed by atoms with E-state index in [1.807, 2.05) is 6.92 Å². The zero-order chi connectivity index (χ0) is 15.1. The lowest BCUT2D eigenvalue weighted by Crippen LogP contribution is -2.31. The van der Waals surface area contributed by atoms with Crippen LogP contribution in [-0.4, -0.2) is 17.3 Å². The van der Waals surface area contributed by atoms with E-state index in [9.17, 15) is 5.11 Å². The van der Waals surface area contributed by atoms with Crippen molar-refractivity contribution in [3.05, 3.63) is 0 Å². The molecule has 0 spiro atoms. The summed E-state index contributed by atoms with van der Waals surface area (Å²) in [7, 11) is 0. The zero-order valence-electron chi connectivity index (χ0n) is 14.1. The fraction of sp³-hybridized carbons (Fsp3) is 1.00. The molecule has 0 aromatic heterocycles. The van der Waals surface area contributed by atoms with Gasteiger partial charge in [-0.3, -0.25) is 0 Å². The Morgan fingerprint density at radius 2 is 1.05 bits per heavy atom. The number of aliphatic hydroxyl groups is 1. The van der Waals surface area contributed by atoms with Gasteiger partial charge in [0.1, 0.15) is 0 Å². The molecule has 0 aliphatic rings. The fourth-order valence-electron chi connectivity index (χ4n) is 2.63. The molecule has 0 saturated carbocycles. The molecule has 0 bridgehead atoms. The third-order valence-electron chi connectivity index (χ3n) is 4.21. The highest BCUT2D eigenvalue weighted by Crippen LogP contribution is 2.13. The summed E-state index contributed by atoms with van der Waals surface area (Å²) in [6, 6.07) is -0.0765. The van der Waals surface area contributed by atoms with Gasteiger partial charge in [0.2, 0.25) is 0 Å². The third kappa shape index (κ3) is 14.3. The molecule has 0 rings (SSSR count). The maximum absolute atomic E-state index is 9.58. The van der Waals surface area contributed by atoms with Gasteiger partial charge < -0.3 is 10.8 Å². The molecule has 0 aromatic carbocycles. The summed E-state index contributed by atoms with van der Waals surface area (Å²) >= 11 is 0. The van der Waals surface area contributed by atoms with Crippen LogP contribution in [-0.2, 0) is 0 Å². The average molecular weight is 286 g/mol. The van der Waals surface area contributed by atoms with Gasteiger partial charge in [-0.25, -0.2) is 0 Å². The highest BCUT2D eigenvalue weighted by Gasteiger charge is 2.07. The lowest BCUT2D eigenvalue weighted by atomic mass is 10.0. The van der Waals surface area contributed by atoms with Crippen molar-refractivity contribution in [1.82, 2.24) is 0 Å². The van der Waals surface area contributed by atoms with E-state index in [1.54, 1.807) is 0 Å². The van der Waals surface area contributed by atoms with Crippen molar-refractivity contribution in [3.63, 3.8) is 0 Å². The number of unbranched alkanes of at least 4 members (excludes halogenated alkanes) is 12. The molecule has 0 aliphatic heterocycles. The van der Waals surface area contributed by atoms with E-state index in [1.165, 1.54) is 77.0 Å². The van der Waals surface area contributed by atoms with Crippen LogP contribution >= 0.6 is 0 Å². The number of rotatable bonds is 15. The van der Waals surface area contributed by atoms with Gasteiger partial charge in [0.25, 0.3) is 0 Å². The molecule has 0 aliphatic carbocycles. The summed E-state index contributed by atoms with van der Waals surface area (Å²) in [6.07, 6.45) is 18.4. The molecule has 0 amide bonds. The Hall–Kier alpha value is -0.0800. The average Bonchev–Trinajstić information content (AvgIpc) is 2.43. The molecule has 0 unspecified atom stereocenters. The first-order valence-electron chi connectivity index (χ1n) is 9.12. The second kappa shape index (κ2) is 15.3. The Morgan fingerprint density at radius 3 is 1.40 bits per heavy atom. The van der Waals surface area contributed by atoms with E-state index in [4.69, 9.17) is 5.73 Å². The summed E-state index contributed by atoms with van der Waals surface area (Å²) in [5.74, 6) is 0. The minimum absolute atomic E-state index is 0.0765. The minimum atomic E-state index is -0.303. The van der Waals surface area contributed by atoms with Gasteiger partial charge in [0, 0.05) is 6.04 Å². The van der Waals surface area contributed by atoms with Gasteiger partial charge in [0.05, 0.1) is 6.10 Å². The monoisotopic (exact) mass is 285 g/mol. The van der Waals surface area contributed by atoms with Crippen LogP contribution in [0.2, 0.25) is 0 Å². The van der Waals surface area contributed by atoms with Crippen molar-refractivity contribution in [1.29, 1.82) is 0 Å². The Morgan fingerprint density at radius 1 is 0.700 bits per heavy atom. The Labute approximate surface area is 127 Å². The third-order valence-corrected chi connectivity index (χ3v) is 4.21. The van der Waals surface area contributed by atoms with Gasteiger partial charge in [0.15, 0.2) is 0 Å². The maximum atomic E-state index is 9.58. The number of aliphatic hydroxyl groups excluding tert-OH is 1. The highest BCUT2D eigenvalue weighted by molar-refractivity contribution is 4.65. The Balaban J connectivity index is 3.03. The second-order valence-electron chi connectivity index (χ2n) is 6.46. The summed E-state index contributed by atoms with van der Waals surface area (Å²) < 4.78 is 0. The number of nitrogens with two attached hydrogens (primary N) is 1. The summed E-state index contributed by atoms with van der Waals surface area (Å²) in [6.45, 7) is 4.16. The molecule has 2 atom stereocenters. The molecule has 122 valence electrons. The van der Waals surface area contributed by atoms with E-state index in [0.29, 0.717) is 0 Å². The fourth-order valence-corrected chi connectivity index (χ4v) is 2.63. The van der Waals surface area contributed by atoms with Crippen LogP contribution in [0.1, 0.15) is 104 Å². The summed E-state index contributed by atoms with van der Waals surface area (Å²) in [5, 5.41) is 9.58. The molecule has 0 aromatic rings. The molecule has 2 nitrogen and oxygen atoms in total. The molecular formula is C18H39NO. The Bertz CT molecular complexity index is 182. The van der Waals surface area contributed by atoms with Gasteiger partial charge in [-0.15, -0.1) is 0 Å². The van der Waals surface area contributed by atoms with Crippen molar-refractivity contribution in [3.8, 4) is 0 Å². The van der Waals surface area contributed by atoms with Crippen LogP contribution in [0.5, 0.6) is 0 Å². The smallest absolute Gasteiger partial charge is 0.0688 e. The van der Waals surface area contributed by atoms with Crippen LogP contribution in [0.3, 0.4) is 0 Å². The normalized spacial score (nSPS) is 14.4. The van der Waals surface area contributed by atoms with Crippen molar-refractivity contribution in [2.75, 3.05) is 0 Å². The van der Waals surface area contributed by atoms with Crippen LogP contribution < -0.4 is 5.73 Å². The van der Waals surface area contributed by atoms with Gasteiger partial charge in [-0.1, -0.05) is 90.4 Å². The topological polar surface area (TPSA) is 46.2 Å². The molecule has 0 fully saturated rings. The molecule has 2 heteroatoms. The predicted octanol–water partition coefficient (Wildman–Crippen LogP) is 5.18. The number of hydrogen-bond donors (Lipinski definition) is 2. The largest absolute Gasteiger partial charge is 0.392 e. The molecule has 0 radical (unpaired) electrons. The summed E-state index contributed by atoms with van der Waals surface area (Å²) in [4.78, 5) is 0. The lowest BCUT2D eigenvalue weighted by Gasteiger charge is -2.13. The maximum Gasteiger partial charge on any atom is 0.0688 e. The standard InChI is InChI=1S/C18H39NO/c1-3-4-5-6-7-8-9-10-11-12-13-14-15-16-18(20)17(2)19/h17-18,20H,3-16,19H2,1-2H3/t17-,18+/m0/s1. The zero-order valence-corrected chi connectivity index (χ0v) is 14.1. The van der Waals surface area contributed by atoms with Crippen LogP contribution in [0.4, 0.5) is 0 Å². The molecule has 20 heavy (non-hydrogen) atoms. The predicted molar refractivity (Wildman–Crippen MR) is 90.0 cm³/mol. The quantitative estimate of drug-likeness (QED) is 0.407. The second-order valence-corrected chi connectivity index (χ2v) is 6.46. The minimum Gasteiger partial charge on any atom is -0.392 e. The van der Waals surface area contributed by atoms with Gasteiger partial charge in [-0.05, 0) is 13.3 Å². The number of hydrogen-bond acceptors (Lipinski definition) is 2. The Kier molecular flexibility index (Phi) is 15.3. The van der Waals surface area contributed by atoms with Gasteiger partial charge >= 0.3 is 0 Å². The van der Waals surface area contributed by atoms with Crippen LogP contribution in [0, 0.1) is 0 Å². The van der Waals surface area contributed by atoms with E-state index in [-0.39, 0.29) is 12.1 Å². The van der Waals surface area contributed by atoms with E-state index >= 15 is 0 Å². The SMILES string of the molecule is CCCCCCCCCCCCCCC[C@@H](O)[C@H](C)N. The lowest BCUT2D eigenvalue weighted by molar-refractivity contribution is 0.138. The van der Waals surface area contributed by atoms with E-state index in [2.05, 4.69) is 6.92 Å². The van der Waals surface area contributed by atoms with Crippen molar-refractivity contribution < 1.29 is 5.11 Å². The van der Waals surface area contributed by atoms with Crippen molar-refractivity contribution >= 4 is 0 Å². The highest BCUT2D eigenvalue weighted by atomic mass is 16.3. The van der Waals surface area contributed by atoms with Gasteiger partial charge in [-0.2, -0.15) is 0 Å². The molecule has 0 heterocycles. The van der Waals surface area contributed by atoms with Crippen LogP contribution in [0.15, 0.2) is 0 Å². The van der Waals surface area contributed by atoms with Crippen LogP contribution in [0.25, 0.3) is 0 Å². The molecule has 3 N–H and O–H groups in total. The van der Waals surface area contributed by atoms with E-state index < -0.39 is 0 Å². The molecule has 0 saturated heterocycles. The van der Waals surface area contributed by atoms with E-state index in [0.717, 1.165) is 12.8 Å². The first kappa shape index (κ1) is 19.9. The summed E-state index contributed by atoms with van der Waals surface area (Å²) in [5.41, 5.74) is 5.63.